The Morgan fingerprint density at radius 2 is 1.71 bits per heavy atom. The van der Waals surface area contributed by atoms with Crippen molar-refractivity contribution in [2.45, 2.75) is 69.6 Å². The number of hydrogen-bond acceptors (Lipinski definition) is 4. The second-order valence-corrected chi connectivity index (χ2v) is 6.34. The number of hydrogen-bond donors (Lipinski definition) is 3. The average Bonchev–Trinajstić information content (AvgIpc) is 2.91. The molecule has 3 N–H and O–H groups in total. The van der Waals surface area contributed by atoms with Gasteiger partial charge in [0.05, 0.1) is 12.6 Å². The van der Waals surface area contributed by atoms with Crippen molar-refractivity contribution in [3.05, 3.63) is 0 Å². The summed E-state index contributed by atoms with van der Waals surface area (Å²) >= 11 is 0. The first-order valence-electron chi connectivity index (χ1n) is 8.05. The summed E-state index contributed by atoms with van der Waals surface area (Å²) in [6.07, 6.45) is 7.72. The molecule has 0 aliphatic heterocycles. The van der Waals surface area contributed by atoms with Gasteiger partial charge in [0, 0.05) is 12.1 Å². The summed E-state index contributed by atoms with van der Waals surface area (Å²) in [4.78, 5) is 25.5. The number of aliphatic hydroxyl groups excluding tert-OH is 1. The smallest absolute Gasteiger partial charge is 0.321 e. The molecule has 2 unspecified atom stereocenters. The fourth-order valence-corrected chi connectivity index (χ4v) is 3.41. The Labute approximate surface area is 126 Å². The topological polar surface area (TPSA) is 81.7 Å². The van der Waals surface area contributed by atoms with Crippen molar-refractivity contribution < 1.29 is 14.7 Å². The van der Waals surface area contributed by atoms with E-state index in [0.717, 1.165) is 51.4 Å². The predicted octanol–water partition coefficient (Wildman–Crippen LogP) is 0.990. The van der Waals surface area contributed by atoms with Crippen molar-refractivity contribution >= 4 is 11.9 Å². The van der Waals surface area contributed by atoms with Crippen LogP contribution in [-0.2, 0) is 4.79 Å². The van der Waals surface area contributed by atoms with Crippen LogP contribution in [0.1, 0.15) is 51.4 Å². The van der Waals surface area contributed by atoms with Crippen molar-refractivity contribution in [1.82, 2.24) is 15.5 Å². The number of amides is 3. The number of nitrogens with zero attached hydrogens (tertiary/aromatic N) is 1. The van der Waals surface area contributed by atoms with Crippen LogP contribution in [0.4, 0.5) is 4.79 Å². The van der Waals surface area contributed by atoms with Crippen LogP contribution >= 0.6 is 0 Å². The maximum absolute atomic E-state index is 11.9. The Hall–Kier alpha value is -1.14. The molecule has 0 saturated heterocycles. The molecule has 0 radical (unpaired) electrons. The largest absolute Gasteiger partial charge is 0.391 e. The minimum absolute atomic E-state index is 0.0161. The molecule has 0 aromatic rings. The molecule has 0 aromatic carbocycles. The first-order chi connectivity index (χ1) is 10.1. The fraction of sp³-hybridized carbons (Fsp3) is 0.867. The normalized spacial score (nSPS) is 26.8. The maximum Gasteiger partial charge on any atom is 0.321 e. The maximum atomic E-state index is 11.9. The molecule has 0 bridgehead atoms. The van der Waals surface area contributed by atoms with Gasteiger partial charge in [-0.3, -0.25) is 15.0 Å². The third kappa shape index (κ3) is 4.97. The van der Waals surface area contributed by atoms with E-state index in [9.17, 15) is 14.7 Å². The zero-order valence-electron chi connectivity index (χ0n) is 12.8. The number of likely N-dealkylation sites (N-methyl/N-ethyl adjacent to an activating group) is 1. The molecule has 2 atom stereocenters. The van der Waals surface area contributed by atoms with Gasteiger partial charge < -0.3 is 10.4 Å². The van der Waals surface area contributed by atoms with E-state index in [-0.39, 0.29) is 30.6 Å². The number of rotatable bonds is 4. The number of imide groups is 1. The molecular formula is C15H27N3O3. The summed E-state index contributed by atoms with van der Waals surface area (Å²) in [6, 6.07) is -0.178. The SMILES string of the molecule is CN(CC(=O)NC(=O)NC1CCCC1)C1CCCCC1O. The van der Waals surface area contributed by atoms with Crippen LogP contribution in [0, 0.1) is 0 Å². The summed E-state index contributed by atoms with van der Waals surface area (Å²) < 4.78 is 0. The molecule has 0 heterocycles. The lowest BCUT2D eigenvalue weighted by Gasteiger charge is -2.34. The second-order valence-electron chi connectivity index (χ2n) is 6.34. The van der Waals surface area contributed by atoms with E-state index in [0.29, 0.717) is 0 Å². The zero-order chi connectivity index (χ0) is 15.2. The molecule has 2 saturated carbocycles. The van der Waals surface area contributed by atoms with Crippen LogP contribution < -0.4 is 10.6 Å². The Morgan fingerprint density at radius 1 is 1.10 bits per heavy atom. The highest BCUT2D eigenvalue weighted by molar-refractivity contribution is 5.95. The Morgan fingerprint density at radius 3 is 2.38 bits per heavy atom. The van der Waals surface area contributed by atoms with Gasteiger partial charge in [-0.25, -0.2) is 4.79 Å². The van der Waals surface area contributed by atoms with E-state index < -0.39 is 6.03 Å². The number of carbonyl (C=O) groups excluding carboxylic acids is 2. The highest BCUT2D eigenvalue weighted by Crippen LogP contribution is 2.22. The average molecular weight is 297 g/mol. The molecule has 2 rings (SSSR count). The van der Waals surface area contributed by atoms with Crippen LogP contribution in [0.5, 0.6) is 0 Å². The molecule has 2 aliphatic carbocycles. The molecule has 0 spiro atoms. The van der Waals surface area contributed by atoms with Crippen molar-refractivity contribution in [3.8, 4) is 0 Å². The number of nitrogens with one attached hydrogen (secondary N) is 2. The number of urea groups is 1. The third-order valence-corrected chi connectivity index (χ3v) is 4.60. The van der Waals surface area contributed by atoms with Gasteiger partial charge in [-0.2, -0.15) is 0 Å². The van der Waals surface area contributed by atoms with E-state index in [2.05, 4.69) is 10.6 Å². The lowest BCUT2D eigenvalue weighted by Crippen LogP contribution is -2.50. The van der Waals surface area contributed by atoms with Gasteiger partial charge in [-0.15, -0.1) is 0 Å². The molecule has 2 fully saturated rings. The highest BCUT2D eigenvalue weighted by Gasteiger charge is 2.28. The van der Waals surface area contributed by atoms with Crippen molar-refractivity contribution in [2.75, 3.05) is 13.6 Å². The van der Waals surface area contributed by atoms with Gasteiger partial charge in [0.15, 0.2) is 0 Å². The summed E-state index contributed by atoms with van der Waals surface area (Å²) in [5.74, 6) is -0.314. The van der Waals surface area contributed by atoms with Gasteiger partial charge in [-0.05, 0) is 32.7 Å². The summed E-state index contributed by atoms with van der Waals surface area (Å²) in [5, 5.41) is 15.2. The summed E-state index contributed by atoms with van der Waals surface area (Å²) in [5.41, 5.74) is 0. The van der Waals surface area contributed by atoms with Crippen LogP contribution in [0.25, 0.3) is 0 Å². The van der Waals surface area contributed by atoms with E-state index in [1.54, 1.807) is 0 Å². The Kier molecular flexibility index (Phi) is 5.99. The third-order valence-electron chi connectivity index (χ3n) is 4.60. The van der Waals surface area contributed by atoms with Crippen molar-refractivity contribution in [1.29, 1.82) is 0 Å². The molecule has 21 heavy (non-hydrogen) atoms. The molecule has 3 amide bonds. The molecule has 6 heteroatoms. The first-order valence-corrected chi connectivity index (χ1v) is 8.05. The van der Waals surface area contributed by atoms with Crippen LogP contribution in [0.3, 0.4) is 0 Å². The molecule has 120 valence electrons. The standard InChI is InChI=1S/C15H27N3O3/c1-18(12-8-4-5-9-13(12)19)10-14(20)17-15(21)16-11-6-2-3-7-11/h11-13,19H,2-10H2,1H3,(H2,16,17,20,21). The molecule has 6 nitrogen and oxygen atoms in total. The van der Waals surface area contributed by atoms with Gasteiger partial charge in [-0.1, -0.05) is 25.7 Å². The first kappa shape index (κ1) is 16.2. The van der Waals surface area contributed by atoms with E-state index in [1.165, 1.54) is 0 Å². The zero-order valence-corrected chi connectivity index (χ0v) is 12.8. The van der Waals surface area contributed by atoms with Crippen molar-refractivity contribution in [3.63, 3.8) is 0 Å². The van der Waals surface area contributed by atoms with E-state index in [1.807, 2.05) is 11.9 Å². The lowest BCUT2D eigenvalue weighted by atomic mass is 9.91. The van der Waals surface area contributed by atoms with Gasteiger partial charge in [0.2, 0.25) is 5.91 Å². The van der Waals surface area contributed by atoms with Gasteiger partial charge in [0.1, 0.15) is 0 Å². The van der Waals surface area contributed by atoms with Crippen LogP contribution in [0.2, 0.25) is 0 Å². The minimum Gasteiger partial charge on any atom is -0.391 e. The lowest BCUT2D eigenvalue weighted by molar-refractivity contribution is -0.122. The summed E-state index contributed by atoms with van der Waals surface area (Å²) in [6.45, 7) is 0.139. The highest BCUT2D eigenvalue weighted by atomic mass is 16.3. The van der Waals surface area contributed by atoms with Gasteiger partial charge >= 0.3 is 6.03 Å². The fourth-order valence-electron chi connectivity index (χ4n) is 3.41. The number of carbonyl (C=O) groups is 2. The quantitative estimate of drug-likeness (QED) is 0.723. The van der Waals surface area contributed by atoms with Crippen LogP contribution in [-0.4, -0.2) is 53.7 Å². The second kappa shape index (κ2) is 7.75. The Bertz CT molecular complexity index is 369. The van der Waals surface area contributed by atoms with E-state index in [4.69, 9.17) is 0 Å². The Balaban J connectivity index is 1.71. The predicted molar refractivity (Wildman–Crippen MR) is 79.8 cm³/mol. The van der Waals surface area contributed by atoms with Crippen molar-refractivity contribution in [2.24, 2.45) is 0 Å². The van der Waals surface area contributed by atoms with Gasteiger partial charge in [0.25, 0.3) is 0 Å². The van der Waals surface area contributed by atoms with Crippen LogP contribution in [0.15, 0.2) is 0 Å². The molecule has 2 aliphatic rings. The minimum atomic E-state index is -0.399. The molecular weight excluding hydrogens is 270 g/mol. The molecule has 0 aromatic heterocycles. The number of aliphatic hydroxyl groups is 1. The summed E-state index contributed by atoms with van der Waals surface area (Å²) in [7, 11) is 1.83. The van der Waals surface area contributed by atoms with E-state index >= 15 is 0 Å². The monoisotopic (exact) mass is 297 g/mol.